The van der Waals surface area contributed by atoms with Crippen LogP contribution in [-0.4, -0.2) is 42.5 Å². The molecule has 3 aromatic carbocycles. The van der Waals surface area contributed by atoms with Crippen LogP contribution in [0.3, 0.4) is 0 Å². The number of carbonyl (C=O) groups excluding carboxylic acids is 2. The third-order valence-electron chi connectivity index (χ3n) is 5.79. The second-order valence-electron chi connectivity index (χ2n) is 7.88. The van der Waals surface area contributed by atoms with Crippen LogP contribution in [0.2, 0.25) is 0 Å². The average Bonchev–Trinajstić information content (AvgIpc) is 2.81. The van der Waals surface area contributed by atoms with Crippen LogP contribution in [0.25, 0.3) is 10.8 Å². The first-order valence-electron chi connectivity index (χ1n) is 10.6. The summed E-state index contributed by atoms with van der Waals surface area (Å²) in [5, 5.41) is 4.58. The maximum absolute atomic E-state index is 13.0. The number of hydrogen-bond acceptors (Lipinski definition) is 5. The quantitative estimate of drug-likeness (QED) is 0.322. The van der Waals surface area contributed by atoms with E-state index in [-0.39, 0.29) is 11.8 Å². The highest BCUT2D eigenvalue weighted by Crippen LogP contribution is 2.31. The Hall–Kier alpha value is -2.83. The molecule has 1 unspecified atom stereocenters. The van der Waals surface area contributed by atoms with Crippen molar-refractivity contribution < 1.29 is 9.59 Å². The van der Waals surface area contributed by atoms with Crippen LogP contribution in [0.1, 0.15) is 23.2 Å². The van der Waals surface area contributed by atoms with Crippen molar-refractivity contribution >= 4 is 46.1 Å². The number of benzene rings is 3. The summed E-state index contributed by atoms with van der Waals surface area (Å²) in [6.45, 7) is 2.77. The van der Waals surface area contributed by atoms with E-state index in [1.165, 1.54) is 4.90 Å². The van der Waals surface area contributed by atoms with Crippen LogP contribution in [-0.2, 0) is 4.79 Å². The molecule has 4 rings (SSSR count). The van der Waals surface area contributed by atoms with Gasteiger partial charge in [0.1, 0.15) is 0 Å². The molecule has 3 N–H and O–H groups in total. The first-order valence-corrected chi connectivity index (χ1v) is 11.6. The van der Waals surface area contributed by atoms with Gasteiger partial charge in [0.2, 0.25) is 5.91 Å². The number of rotatable bonds is 7. The van der Waals surface area contributed by atoms with Gasteiger partial charge in [-0.25, -0.2) is 0 Å². The van der Waals surface area contributed by atoms with Crippen molar-refractivity contribution in [2.45, 2.75) is 17.7 Å². The normalized spacial score (nSPS) is 16.8. The van der Waals surface area contributed by atoms with Gasteiger partial charge >= 0.3 is 0 Å². The van der Waals surface area contributed by atoms with Crippen molar-refractivity contribution in [2.75, 3.05) is 36.4 Å². The predicted octanol–water partition coefficient (Wildman–Crippen LogP) is 4.68. The Kier molecular flexibility index (Phi) is 6.89. The van der Waals surface area contributed by atoms with Crippen molar-refractivity contribution in [3.63, 3.8) is 0 Å². The molecule has 1 saturated heterocycles. The Balaban J connectivity index is 1.39. The molecule has 1 heterocycles. The van der Waals surface area contributed by atoms with Crippen LogP contribution >= 0.6 is 11.8 Å². The third kappa shape index (κ3) is 5.09. The molecule has 1 atom stereocenters. The van der Waals surface area contributed by atoms with Crippen LogP contribution in [0.4, 0.5) is 11.4 Å². The molecule has 0 saturated carbocycles. The second-order valence-corrected chi connectivity index (χ2v) is 9.05. The highest BCUT2D eigenvalue weighted by Gasteiger charge is 2.26. The fraction of sp³-hybridized carbons (Fsp3) is 0.280. The van der Waals surface area contributed by atoms with Gasteiger partial charge in [0, 0.05) is 51.4 Å². The molecule has 0 aliphatic carbocycles. The van der Waals surface area contributed by atoms with E-state index in [4.69, 9.17) is 5.73 Å². The Morgan fingerprint density at radius 1 is 1.13 bits per heavy atom. The van der Waals surface area contributed by atoms with Crippen LogP contribution < -0.4 is 11.1 Å². The van der Waals surface area contributed by atoms with E-state index in [0.29, 0.717) is 22.3 Å². The monoisotopic (exact) mass is 433 g/mol. The van der Waals surface area contributed by atoms with Gasteiger partial charge in [-0.05, 0) is 43.7 Å². The first-order chi connectivity index (χ1) is 15.2. The van der Waals surface area contributed by atoms with Gasteiger partial charge in [-0.15, -0.1) is 11.8 Å². The van der Waals surface area contributed by atoms with Crippen molar-refractivity contribution in [1.82, 2.24) is 4.90 Å². The number of nitrogen functional groups attached to an aromatic ring is 1. The number of aldehydes is 1. The lowest BCUT2D eigenvalue weighted by Crippen LogP contribution is -2.41. The molecular formula is C25H27N3O2S. The molecule has 1 aliphatic rings. The topological polar surface area (TPSA) is 75.4 Å². The van der Waals surface area contributed by atoms with Crippen LogP contribution in [0.15, 0.2) is 65.6 Å². The van der Waals surface area contributed by atoms with Crippen molar-refractivity contribution in [3.8, 4) is 0 Å². The second kappa shape index (κ2) is 9.98. The minimum atomic E-state index is -0.0441. The number of anilines is 2. The summed E-state index contributed by atoms with van der Waals surface area (Å²) >= 11 is 1.85. The van der Waals surface area contributed by atoms with Gasteiger partial charge in [-0.2, -0.15) is 0 Å². The number of likely N-dealkylation sites (tertiary alicyclic amines) is 1. The lowest BCUT2D eigenvalue weighted by molar-refractivity contribution is -0.121. The van der Waals surface area contributed by atoms with Crippen LogP contribution in [0.5, 0.6) is 0 Å². The number of fused-ring (bicyclic) bond motifs is 1. The number of amides is 1. The molecule has 0 bridgehead atoms. The summed E-state index contributed by atoms with van der Waals surface area (Å²) in [6, 6.07) is 19.4. The maximum Gasteiger partial charge on any atom is 0.228 e. The smallest absolute Gasteiger partial charge is 0.228 e. The Bertz CT molecular complexity index is 1070. The Morgan fingerprint density at radius 3 is 2.77 bits per heavy atom. The molecule has 160 valence electrons. The number of piperidine rings is 1. The number of hydrogen-bond donors (Lipinski definition) is 2. The van der Waals surface area contributed by atoms with E-state index >= 15 is 0 Å². The molecule has 3 aromatic rings. The summed E-state index contributed by atoms with van der Waals surface area (Å²) in [5.41, 5.74) is 7.88. The lowest BCUT2D eigenvalue weighted by atomic mass is 9.96. The lowest BCUT2D eigenvalue weighted by Gasteiger charge is -2.32. The van der Waals surface area contributed by atoms with Gasteiger partial charge in [-0.1, -0.05) is 36.4 Å². The summed E-state index contributed by atoms with van der Waals surface area (Å²) in [6.07, 6.45) is 2.71. The van der Waals surface area contributed by atoms with E-state index in [2.05, 4.69) is 34.5 Å². The molecule has 6 heteroatoms. The first kappa shape index (κ1) is 21.4. The number of thioether (sulfide) groups is 1. The molecule has 5 nitrogen and oxygen atoms in total. The SMILES string of the molecule is Nc1ccc(NC(=O)C2CCCN(CCSc3ccccc3)C2)c2cccc(C=O)c12. The fourth-order valence-electron chi connectivity index (χ4n) is 4.19. The zero-order chi connectivity index (χ0) is 21.6. The van der Waals surface area contributed by atoms with E-state index in [0.717, 1.165) is 49.9 Å². The van der Waals surface area contributed by atoms with Gasteiger partial charge < -0.3 is 16.0 Å². The zero-order valence-electron chi connectivity index (χ0n) is 17.4. The summed E-state index contributed by atoms with van der Waals surface area (Å²) < 4.78 is 0. The molecule has 1 amide bonds. The predicted molar refractivity (Wildman–Crippen MR) is 129 cm³/mol. The van der Waals surface area contributed by atoms with Crippen molar-refractivity contribution in [1.29, 1.82) is 0 Å². The molecular weight excluding hydrogens is 406 g/mol. The zero-order valence-corrected chi connectivity index (χ0v) is 18.2. The van der Waals surface area contributed by atoms with Gasteiger partial charge in [0.25, 0.3) is 0 Å². The van der Waals surface area contributed by atoms with Gasteiger partial charge in [0.15, 0.2) is 6.29 Å². The summed E-state index contributed by atoms with van der Waals surface area (Å²) in [7, 11) is 0. The number of carbonyl (C=O) groups is 2. The highest BCUT2D eigenvalue weighted by molar-refractivity contribution is 7.99. The molecule has 1 aliphatic heterocycles. The van der Waals surface area contributed by atoms with E-state index in [1.807, 2.05) is 36.0 Å². The standard InChI is InChI=1S/C25H27N3O2S/c26-22-11-12-23(21-10-4-6-19(17-29)24(21)22)27-25(30)18-7-5-13-28(16-18)14-15-31-20-8-2-1-3-9-20/h1-4,6,8-12,17-18H,5,7,13-16,26H2,(H,27,30). The molecule has 1 fully saturated rings. The van der Waals surface area contributed by atoms with E-state index < -0.39 is 0 Å². The highest BCUT2D eigenvalue weighted by atomic mass is 32.2. The minimum Gasteiger partial charge on any atom is -0.398 e. The van der Waals surface area contributed by atoms with Gasteiger partial charge in [-0.3, -0.25) is 9.59 Å². The van der Waals surface area contributed by atoms with E-state index in [1.54, 1.807) is 12.1 Å². The molecule has 0 spiro atoms. The van der Waals surface area contributed by atoms with Crippen molar-refractivity contribution in [2.24, 2.45) is 5.92 Å². The molecule has 0 radical (unpaired) electrons. The minimum absolute atomic E-state index is 0.0305. The fourth-order valence-corrected chi connectivity index (χ4v) is 5.12. The Labute approximate surface area is 187 Å². The number of nitrogens with one attached hydrogen (secondary N) is 1. The molecule has 0 aromatic heterocycles. The number of nitrogens with two attached hydrogens (primary N) is 1. The summed E-state index contributed by atoms with van der Waals surface area (Å²) in [4.78, 5) is 28.1. The number of nitrogens with zero attached hydrogens (tertiary/aromatic N) is 1. The largest absolute Gasteiger partial charge is 0.398 e. The maximum atomic E-state index is 13.0. The van der Waals surface area contributed by atoms with Crippen molar-refractivity contribution in [3.05, 3.63) is 66.2 Å². The average molecular weight is 434 g/mol. The summed E-state index contributed by atoms with van der Waals surface area (Å²) in [5.74, 6) is 0.996. The van der Waals surface area contributed by atoms with E-state index in [9.17, 15) is 9.59 Å². The van der Waals surface area contributed by atoms with Crippen LogP contribution in [0, 0.1) is 5.92 Å². The molecule has 31 heavy (non-hydrogen) atoms. The third-order valence-corrected chi connectivity index (χ3v) is 6.78. The Morgan fingerprint density at radius 2 is 1.97 bits per heavy atom. The van der Waals surface area contributed by atoms with Gasteiger partial charge in [0.05, 0.1) is 5.92 Å².